The Bertz CT molecular complexity index is 703. The van der Waals surface area contributed by atoms with Crippen molar-refractivity contribution in [1.82, 2.24) is 4.90 Å². The van der Waals surface area contributed by atoms with Gasteiger partial charge in [-0.3, -0.25) is 9.59 Å². The first kappa shape index (κ1) is 17.4. The molecule has 0 radical (unpaired) electrons. The predicted molar refractivity (Wildman–Crippen MR) is 99.6 cm³/mol. The Morgan fingerprint density at radius 3 is 2.08 bits per heavy atom. The zero-order valence-electron chi connectivity index (χ0n) is 14.7. The molecule has 0 aromatic heterocycles. The van der Waals surface area contributed by atoms with Crippen LogP contribution in [0.25, 0.3) is 0 Å². The van der Waals surface area contributed by atoms with Gasteiger partial charge >= 0.3 is 0 Å². The number of nitrogens with zero attached hydrogens (tertiary/aromatic N) is 1. The van der Waals surface area contributed by atoms with Gasteiger partial charge in [-0.05, 0) is 24.8 Å². The first-order valence-corrected chi connectivity index (χ1v) is 9.13. The van der Waals surface area contributed by atoms with E-state index in [0.29, 0.717) is 13.1 Å². The van der Waals surface area contributed by atoms with Crippen LogP contribution in [0.1, 0.15) is 48.0 Å². The van der Waals surface area contributed by atoms with E-state index in [1.54, 1.807) is 0 Å². The number of hydrogen-bond acceptors (Lipinski definition) is 2. The molecule has 3 heteroatoms. The molecule has 1 heterocycles. The van der Waals surface area contributed by atoms with Gasteiger partial charge in [0.2, 0.25) is 5.91 Å². The summed E-state index contributed by atoms with van der Waals surface area (Å²) in [5, 5.41) is 0. The Labute approximate surface area is 149 Å². The monoisotopic (exact) mass is 335 g/mol. The number of likely N-dealkylation sites (tertiary alicyclic amines) is 1. The van der Waals surface area contributed by atoms with Crippen LogP contribution in [0.15, 0.2) is 60.7 Å². The number of carbonyl (C=O) groups is 2. The summed E-state index contributed by atoms with van der Waals surface area (Å²) in [5.74, 6) is 0.355. The van der Waals surface area contributed by atoms with Gasteiger partial charge in [-0.15, -0.1) is 0 Å². The van der Waals surface area contributed by atoms with E-state index in [1.165, 1.54) is 0 Å². The average Bonchev–Trinajstić information content (AvgIpc) is 2.69. The van der Waals surface area contributed by atoms with Gasteiger partial charge in [0, 0.05) is 24.6 Å². The van der Waals surface area contributed by atoms with E-state index in [1.807, 2.05) is 65.6 Å². The van der Waals surface area contributed by atoms with E-state index < -0.39 is 0 Å². The van der Waals surface area contributed by atoms with Crippen molar-refractivity contribution in [3.8, 4) is 0 Å². The Balaban J connectivity index is 1.62. The van der Waals surface area contributed by atoms with Crippen LogP contribution in [0.2, 0.25) is 0 Å². The van der Waals surface area contributed by atoms with E-state index in [0.717, 1.165) is 30.4 Å². The molecule has 1 aliphatic heterocycles. The molecule has 25 heavy (non-hydrogen) atoms. The lowest BCUT2D eigenvalue weighted by Crippen LogP contribution is -2.42. The Morgan fingerprint density at radius 1 is 0.960 bits per heavy atom. The number of piperidine rings is 1. The highest BCUT2D eigenvalue weighted by molar-refractivity contribution is 5.98. The third-order valence-electron chi connectivity index (χ3n) is 5.14. The molecule has 1 fully saturated rings. The van der Waals surface area contributed by atoms with Crippen LogP contribution >= 0.6 is 0 Å². The highest BCUT2D eigenvalue weighted by Crippen LogP contribution is 2.27. The fourth-order valence-corrected chi connectivity index (χ4v) is 3.66. The van der Waals surface area contributed by atoms with Crippen molar-refractivity contribution in [3.63, 3.8) is 0 Å². The summed E-state index contributed by atoms with van der Waals surface area (Å²) in [6.07, 6.45) is 2.31. The van der Waals surface area contributed by atoms with Gasteiger partial charge in [0.25, 0.3) is 0 Å². The lowest BCUT2D eigenvalue weighted by atomic mass is 9.87. The molecule has 0 bridgehead atoms. The van der Waals surface area contributed by atoms with Crippen LogP contribution in [0.5, 0.6) is 0 Å². The quantitative estimate of drug-likeness (QED) is 0.764. The van der Waals surface area contributed by atoms with Gasteiger partial charge in [-0.2, -0.15) is 0 Å². The van der Waals surface area contributed by atoms with Gasteiger partial charge in [0.05, 0.1) is 5.92 Å². The molecule has 0 N–H and O–H groups in total. The van der Waals surface area contributed by atoms with E-state index in [2.05, 4.69) is 6.92 Å². The van der Waals surface area contributed by atoms with Crippen LogP contribution in [0.3, 0.4) is 0 Å². The predicted octanol–water partition coefficient (Wildman–Crippen LogP) is 4.30. The van der Waals surface area contributed by atoms with Gasteiger partial charge < -0.3 is 4.90 Å². The summed E-state index contributed by atoms with van der Waals surface area (Å²) < 4.78 is 0. The second-order valence-electron chi connectivity index (χ2n) is 6.70. The third-order valence-corrected chi connectivity index (χ3v) is 5.14. The van der Waals surface area contributed by atoms with Crippen LogP contribution in [0, 0.1) is 5.92 Å². The summed E-state index contributed by atoms with van der Waals surface area (Å²) in [5.41, 5.74) is 1.86. The second kappa shape index (κ2) is 8.11. The molecule has 0 spiro atoms. The molecule has 3 nitrogen and oxygen atoms in total. The number of Topliss-reactive ketones (excluding diaryl/α,β-unsaturated/α-hetero) is 1. The van der Waals surface area contributed by atoms with E-state index in [9.17, 15) is 9.59 Å². The van der Waals surface area contributed by atoms with E-state index >= 15 is 0 Å². The summed E-state index contributed by atoms with van der Waals surface area (Å²) in [6.45, 7) is 3.40. The maximum Gasteiger partial charge on any atom is 0.230 e. The maximum atomic E-state index is 12.9. The second-order valence-corrected chi connectivity index (χ2v) is 6.70. The fraction of sp³-hybridized carbons (Fsp3) is 0.364. The zero-order valence-corrected chi connectivity index (χ0v) is 14.7. The lowest BCUT2D eigenvalue weighted by molar-refractivity contribution is -0.134. The van der Waals surface area contributed by atoms with Gasteiger partial charge in [-0.1, -0.05) is 67.6 Å². The summed E-state index contributed by atoms with van der Waals surface area (Å²) in [7, 11) is 0. The third kappa shape index (κ3) is 3.98. The van der Waals surface area contributed by atoms with Crippen molar-refractivity contribution in [2.45, 2.75) is 32.1 Å². The molecule has 2 aromatic rings. The number of hydrogen-bond donors (Lipinski definition) is 0. The molecular formula is C22H25NO2. The van der Waals surface area contributed by atoms with Crippen molar-refractivity contribution in [2.24, 2.45) is 5.92 Å². The first-order valence-electron chi connectivity index (χ1n) is 9.13. The standard InChI is InChI=1S/C22H25NO2/c1-2-20(17-9-5-3-6-10-17)22(25)23-15-13-19(14-16-23)21(24)18-11-7-4-8-12-18/h3-12,19-20H,2,13-16H2,1H3. The summed E-state index contributed by atoms with van der Waals surface area (Å²) >= 11 is 0. The zero-order chi connectivity index (χ0) is 17.6. The molecule has 1 unspecified atom stereocenters. The summed E-state index contributed by atoms with van der Waals surface area (Å²) in [6, 6.07) is 19.5. The first-order chi connectivity index (χ1) is 12.2. The SMILES string of the molecule is CCC(C(=O)N1CCC(C(=O)c2ccccc2)CC1)c1ccccc1. The number of rotatable bonds is 5. The molecule has 1 aliphatic rings. The van der Waals surface area contributed by atoms with Crippen LogP contribution in [0.4, 0.5) is 0 Å². The van der Waals surface area contributed by atoms with Crippen LogP contribution in [-0.4, -0.2) is 29.7 Å². The molecular weight excluding hydrogens is 310 g/mol. The normalized spacial score (nSPS) is 16.4. The number of carbonyl (C=O) groups excluding carboxylic acids is 2. The van der Waals surface area contributed by atoms with E-state index in [-0.39, 0.29) is 23.5 Å². The van der Waals surface area contributed by atoms with Crippen molar-refractivity contribution in [3.05, 3.63) is 71.8 Å². The molecule has 3 rings (SSSR count). The lowest BCUT2D eigenvalue weighted by Gasteiger charge is -2.33. The molecule has 0 saturated carbocycles. The Kier molecular flexibility index (Phi) is 5.64. The molecule has 130 valence electrons. The van der Waals surface area contributed by atoms with Crippen LogP contribution < -0.4 is 0 Å². The minimum atomic E-state index is -0.0809. The molecule has 1 saturated heterocycles. The largest absolute Gasteiger partial charge is 0.342 e. The summed E-state index contributed by atoms with van der Waals surface area (Å²) in [4.78, 5) is 27.4. The number of ketones is 1. The highest BCUT2D eigenvalue weighted by Gasteiger charge is 2.31. The Hall–Kier alpha value is -2.42. The molecule has 2 aromatic carbocycles. The maximum absolute atomic E-state index is 12.9. The van der Waals surface area contributed by atoms with Gasteiger partial charge in [0.1, 0.15) is 0 Å². The minimum absolute atomic E-state index is 0.0308. The molecule has 1 amide bonds. The Morgan fingerprint density at radius 2 is 1.52 bits per heavy atom. The van der Waals surface area contributed by atoms with Gasteiger partial charge in [-0.25, -0.2) is 0 Å². The van der Waals surface area contributed by atoms with Crippen molar-refractivity contribution in [2.75, 3.05) is 13.1 Å². The van der Waals surface area contributed by atoms with Crippen molar-refractivity contribution in [1.29, 1.82) is 0 Å². The topological polar surface area (TPSA) is 37.4 Å². The highest BCUT2D eigenvalue weighted by atomic mass is 16.2. The molecule has 0 aliphatic carbocycles. The van der Waals surface area contributed by atoms with Crippen LogP contribution in [-0.2, 0) is 4.79 Å². The molecule has 1 atom stereocenters. The smallest absolute Gasteiger partial charge is 0.230 e. The number of benzene rings is 2. The van der Waals surface area contributed by atoms with Crippen molar-refractivity contribution < 1.29 is 9.59 Å². The number of amides is 1. The minimum Gasteiger partial charge on any atom is -0.342 e. The van der Waals surface area contributed by atoms with Gasteiger partial charge in [0.15, 0.2) is 5.78 Å². The average molecular weight is 335 g/mol. The van der Waals surface area contributed by atoms with E-state index in [4.69, 9.17) is 0 Å². The fourth-order valence-electron chi connectivity index (χ4n) is 3.66. The van der Waals surface area contributed by atoms with Crippen molar-refractivity contribution >= 4 is 11.7 Å².